The second-order valence-electron chi connectivity index (χ2n) is 5.00. The van der Waals surface area contributed by atoms with Gasteiger partial charge in [0.15, 0.2) is 6.61 Å². The molecule has 1 aromatic rings. The third-order valence-electron chi connectivity index (χ3n) is 3.20. The van der Waals surface area contributed by atoms with E-state index in [4.69, 9.17) is 4.74 Å². The highest BCUT2D eigenvalue weighted by Gasteiger charge is 2.28. The van der Waals surface area contributed by atoms with Crippen molar-refractivity contribution < 1.29 is 27.4 Å². The maximum atomic E-state index is 12.0. The van der Waals surface area contributed by atoms with E-state index in [9.17, 15) is 18.0 Å². The lowest BCUT2D eigenvalue weighted by molar-refractivity contribution is -0.154. The fourth-order valence-electron chi connectivity index (χ4n) is 2.01. The number of amides is 1. The predicted octanol–water partition coefficient (Wildman–Crippen LogP) is 1.08. The number of nitrogens with one attached hydrogen (secondary N) is 1. The molecule has 1 aromatic heterocycles. The second-order valence-corrected chi connectivity index (χ2v) is 5.00. The first kappa shape index (κ1) is 17.5. The number of ether oxygens (including phenoxy) is 2. The van der Waals surface area contributed by atoms with E-state index in [-0.39, 0.29) is 17.4 Å². The van der Waals surface area contributed by atoms with Crippen molar-refractivity contribution in [2.45, 2.75) is 6.18 Å². The van der Waals surface area contributed by atoms with Crippen molar-refractivity contribution in [2.24, 2.45) is 0 Å². The van der Waals surface area contributed by atoms with Crippen LogP contribution in [0.15, 0.2) is 18.3 Å². The molecule has 1 amide bonds. The molecule has 0 aromatic carbocycles. The molecule has 0 saturated carbocycles. The maximum absolute atomic E-state index is 12.0. The first-order valence-electron chi connectivity index (χ1n) is 7.18. The quantitative estimate of drug-likeness (QED) is 0.844. The van der Waals surface area contributed by atoms with Gasteiger partial charge in [0.2, 0.25) is 5.88 Å². The molecule has 1 aliphatic heterocycles. The van der Waals surface area contributed by atoms with Gasteiger partial charge in [-0.2, -0.15) is 13.2 Å². The Morgan fingerprint density at radius 1 is 1.35 bits per heavy atom. The minimum absolute atomic E-state index is 0.174. The van der Waals surface area contributed by atoms with Crippen LogP contribution in [-0.2, 0) is 4.74 Å². The summed E-state index contributed by atoms with van der Waals surface area (Å²) in [5.74, 6) is -0.500. The summed E-state index contributed by atoms with van der Waals surface area (Å²) in [6.07, 6.45) is -3.23. The van der Waals surface area contributed by atoms with Gasteiger partial charge in [-0.05, 0) is 6.07 Å². The van der Waals surface area contributed by atoms with Crippen molar-refractivity contribution in [1.82, 2.24) is 15.2 Å². The zero-order chi connectivity index (χ0) is 16.7. The molecule has 1 fully saturated rings. The van der Waals surface area contributed by atoms with Gasteiger partial charge in [0.1, 0.15) is 0 Å². The molecule has 1 N–H and O–H groups in total. The SMILES string of the molecule is O=C(NCCN1CCOCC1)c1ccc(OCC(F)(F)F)nc1. The molecule has 0 atom stereocenters. The van der Waals surface area contributed by atoms with E-state index >= 15 is 0 Å². The first-order valence-corrected chi connectivity index (χ1v) is 7.18. The standard InChI is InChI=1S/C14H18F3N3O3/c15-14(16,17)10-23-12-2-1-11(9-19-12)13(21)18-3-4-20-5-7-22-8-6-20/h1-2,9H,3-8,10H2,(H,18,21). The van der Waals surface area contributed by atoms with Crippen LogP contribution in [0.2, 0.25) is 0 Å². The van der Waals surface area contributed by atoms with Gasteiger partial charge in [0, 0.05) is 38.4 Å². The van der Waals surface area contributed by atoms with E-state index in [1.54, 1.807) is 0 Å². The van der Waals surface area contributed by atoms with Gasteiger partial charge in [-0.25, -0.2) is 4.98 Å². The summed E-state index contributed by atoms with van der Waals surface area (Å²) in [6.45, 7) is 2.84. The molecule has 2 heterocycles. The largest absolute Gasteiger partial charge is 0.468 e. The number of halogens is 3. The normalized spacial score (nSPS) is 16.1. The molecule has 2 rings (SSSR count). The number of pyridine rings is 1. The van der Waals surface area contributed by atoms with Crippen LogP contribution in [0.25, 0.3) is 0 Å². The summed E-state index contributed by atoms with van der Waals surface area (Å²) in [4.78, 5) is 17.8. The zero-order valence-corrected chi connectivity index (χ0v) is 12.4. The van der Waals surface area contributed by atoms with E-state index in [0.717, 1.165) is 19.6 Å². The Kier molecular flexibility index (Phi) is 6.17. The van der Waals surface area contributed by atoms with Crippen molar-refractivity contribution in [3.05, 3.63) is 23.9 Å². The van der Waals surface area contributed by atoms with E-state index in [1.807, 2.05) is 0 Å². The lowest BCUT2D eigenvalue weighted by Crippen LogP contribution is -2.41. The summed E-state index contributed by atoms with van der Waals surface area (Å²) in [6, 6.07) is 2.62. The topological polar surface area (TPSA) is 63.7 Å². The van der Waals surface area contributed by atoms with Gasteiger partial charge in [-0.15, -0.1) is 0 Å². The van der Waals surface area contributed by atoms with Crippen LogP contribution in [0.1, 0.15) is 10.4 Å². The number of hydrogen-bond donors (Lipinski definition) is 1. The Bertz CT molecular complexity index is 502. The molecule has 0 radical (unpaired) electrons. The van der Waals surface area contributed by atoms with Crippen molar-refractivity contribution in [1.29, 1.82) is 0 Å². The highest BCUT2D eigenvalue weighted by Crippen LogP contribution is 2.16. The molecule has 6 nitrogen and oxygen atoms in total. The molecule has 0 bridgehead atoms. The molecule has 9 heteroatoms. The molecule has 128 valence electrons. The number of morpholine rings is 1. The van der Waals surface area contributed by atoms with Crippen LogP contribution < -0.4 is 10.1 Å². The smallest absolute Gasteiger partial charge is 0.422 e. The van der Waals surface area contributed by atoms with E-state index in [1.165, 1.54) is 18.3 Å². The van der Waals surface area contributed by atoms with E-state index < -0.39 is 12.8 Å². The molecule has 0 aliphatic carbocycles. The van der Waals surface area contributed by atoms with Gasteiger partial charge in [0.25, 0.3) is 5.91 Å². The number of aromatic nitrogens is 1. The number of carbonyl (C=O) groups excluding carboxylic acids is 1. The van der Waals surface area contributed by atoms with Gasteiger partial charge in [-0.3, -0.25) is 9.69 Å². The van der Waals surface area contributed by atoms with Crippen LogP contribution in [-0.4, -0.2) is 68.0 Å². The number of nitrogens with zero attached hydrogens (tertiary/aromatic N) is 2. The molecule has 0 spiro atoms. The zero-order valence-electron chi connectivity index (χ0n) is 12.4. The first-order chi connectivity index (χ1) is 10.9. The van der Waals surface area contributed by atoms with Crippen LogP contribution in [0.3, 0.4) is 0 Å². The Hall–Kier alpha value is -1.87. The van der Waals surface area contributed by atoms with Gasteiger partial charge in [-0.1, -0.05) is 0 Å². The van der Waals surface area contributed by atoms with E-state index in [2.05, 4.69) is 19.9 Å². The lowest BCUT2D eigenvalue weighted by Gasteiger charge is -2.26. The van der Waals surface area contributed by atoms with Gasteiger partial charge < -0.3 is 14.8 Å². The average molecular weight is 333 g/mol. The predicted molar refractivity (Wildman–Crippen MR) is 75.4 cm³/mol. The molecular weight excluding hydrogens is 315 g/mol. The number of hydrogen-bond acceptors (Lipinski definition) is 5. The Morgan fingerprint density at radius 3 is 2.70 bits per heavy atom. The Morgan fingerprint density at radius 2 is 2.09 bits per heavy atom. The summed E-state index contributed by atoms with van der Waals surface area (Å²) in [7, 11) is 0. The van der Waals surface area contributed by atoms with Crippen molar-refractivity contribution in [3.8, 4) is 5.88 Å². The average Bonchev–Trinajstić information content (AvgIpc) is 2.54. The lowest BCUT2D eigenvalue weighted by atomic mass is 10.2. The highest BCUT2D eigenvalue weighted by atomic mass is 19.4. The summed E-state index contributed by atoms with van der Waals surface area (Å²) >= 11 is 0. The summed E-state index contributed by atoms with van der Waals surface area (Å²) in [5, 5.41) is 2.74. The van der Waals surface area contributed by atoms with Gasteiger partial charge >= 0.3 is 6.18 Å². The summed E-state index contributed by atoms with van der Waals surface area (Å²) < 4.78 is 45.7. The fourth-order valence-corrected chi connectivity index (χ4v) is 2.01. The third kappa shape index (κ3) is 6.41. The van der Waals surface area contributed by atoms with Crippen LogP contribution >= 0.6 is 0 Å². The van der Waals surface area contributed by atoms with Crippen molar-refractivity contribution in [2.75, 3.05) is 46.0 Å². The van der Waals surface area contributed by atoms with Gasteiger partial charge in [0.05, 0.1) is 18.8 Å². The molecule has 23 heavy (non-hydrogen) atoms. The number of alkyl halides is 3. The molecular formula is C14H18F3N3O3. The van der Waals surface area contributed by atoms with Crippen molar-refractivity contribution >= 4 is 5.91 Å². The Labute approximate surface area is 131 Å². The molecule has 1 saturated heterocycles. The monoisotopic (exact) mass is 333 g/mol. The van der Waals surface area contributed by atoms with Crippen molar-refractivity contribution in [3.63, 3.8) is 0 Å². The molecule has 1 aliphatic rings. The Balaban J connectivity index is 1.73. The third-order valence-corrected chi connectivity index (χ3v) is 3.20. The van der Waals surface area contributed by atoms with Crippen LogP contribution in [0, 0.1) is 0 Å². The van der Waals surface area contributed by atoms with Crippen LogP contribution in [0.4, 0.5) is 13.2 Å². The van der Waals surface area contributed by atoms with Crippen LogP contribution in [0.5, 0.6) is 5.88 Å². The summed E-state index contributed by atoms with van der Waals surface area (Å²) in [5.41, 5.74) is 0.270. The highest BCUT2D eigenvalue weighted by molar-refractivity contribution is 5.93. The van der Waals surface area contributed by atoms with E-state index in [0.29, 0.717) is 19.8 Å². The maximum Gasteiger partial charge on any atom is 0.422 e. The minimum atomic E-state index is -4.42. The number of rotatable bonds is 6. The second kappa shape index (κ2) is 8.11. The minimum Gasteiger partial charge on any atom is -0.468 e. The molecule has 0 unspecified atom stereocenters. The fraction of sp³-hybridized carbons (Fsp3) is 0.571. The number of carbonyl (C=O) groups is 1.